The quantitative estimate of drug-likeness (QED) is 0.359. The summed E-state index contributed by atoms with van der Waals surface area (Å²) in [6.07, 6.45) is 0.565. The molecule has 0 radical (unpaired) electrons. The molecule has 0 aromatic heterocycles. The molecule has 1 saturated heterocycles. The Morgan fingerprint density at radius 2 is 1.72 bits per heavy atom. The summed E-state index contributed by atoms with van der Waals surface area (Å²) in [5.41, 5.74) is -5.30. The van der Waals surface area contributed by atoms with Crippen molar-refractivity contribution in [3.05, 3.63) is 0 Å². The minimum absolute atomic E-state index is 0. The number of halogens is 3. The fraction of sp³-hybridized carbons (Fsp3) is 1.00. The van der Waals surface area contributed by atoms with E-state index in [2.05, 4.69) is 25.3 Å². The summed E-state index contributed by atoms with van der Waals surface area (Å²) in [6.45, 7) is 2.13. The highest BCUT2D eigenvalue weighted by Crippen LogP contribution is 2.23. The molecule has 0 saturated carbocycles. The molecular formula is C8H20F3N2O4S+. The maximum Gasteiger partial charge on any atom is 0.523 e. The molecule has 0 aromatic carbocycles. The van der Waals surface area contributed by atoms with E-state index in [0.29, 0.717) is 13.2 Å². The Morgan fingerprint density at radius 3 is 1.78 bits per heavy atom. The van der Waals surface area contributed by atoms with Crippen LogP contribution >= 0.6 is 0 Å². The largest absolute Gasteiger partial charge is 0.523 e. The van der Waals surface area contributed by atoms with E-state index in [9.17, 15) is 21.6 Å². The number of rotatable bonds is 3. The second-order valence-corrected chi connectivity index (χ2v) is 6.20. The van der Waals surface area contributed by atoms with Crippen LogP contribution < -0.4 is 6.15 Å². The van der Waals surface area contributed by atoms with Gasteiger partial charge in [-0.3, -0.25) is 4.18 Å². The van der Waals surface area contributed by atoms with Gasteiger partial charge >= 0.3 is 15.6 Å². The molecule has 0 spiro atoms. The molecule has 0 aliphatic carbocycles. The number of hydrogen-bond acceptors (Lipinski definition) is 5. The third-order valence-electron chi connectivity index (χ3n) is 1.66. The van der Waals surface area contributed by atoms with Gasteiger partial charge < -0.3 is 15.4 Å². The Bertz CT molecular complexity index is 333. The fourth-order valence-corrected chi connectivity index (χ4v) is 1.07. The molecule has 1 aliphatic rings. The zero-order chi connectivity index (χ0) is 13.9. The molecule has 112 valence electrons. The molecule has 10 heteroatoms. The van der Waals surface area contributed by atoms with E-state index in [1.807, 2.05) is 0 Å². The summed E-state index contributed by atoms with van der Waals surface area (Å²) < 4.78 is 61.9. The molecule has 6 nitrogen and oxygen atoms in total. The van der Waals surface area contributed by atoms with Gasteiger partial charge in [0.1, 0.15) is 12.6 Å². The van der Waals surface area contributed by atoms with Gasteiger partial charge in [-0.1, -0.05) is 0 Å². The lowest BCUT2D eigenvalue weighted by Crippen LogP contribution is -2.37. The maximum absolute atomic E-state index is 11.1. The van der Waals surface area contributed by atoms with E-state index in [1.54, 1.807) is 0 Å². The minimum atomic E-state index is -5.34. The molecule has 1 fully saturated rings. The van der Waals surface area contributed by atoms with Gasteiger partial charge in [0.15, 0.2) is 0 Å². The lowest BCUT2D eigenvalue weighted by Gasteiger charge is -2.22. The average molecular weight is 297 g/mol. The lowest BCUT2D eigenvalue weighted by atomic mass is 10.4. The van der Waals surface area contributed by atoms with E-state index < -0.39 is 15.6 Å². The Labute approximate surface area is 105 Å². The van der Waals surface area contributed by atoms with Gasteiger partial charge in [-0.25, -0.2) is 0 Å². The molecule has 0 amide bonds. The Balaban J connectivity index is 0. The predicted octanol–water partition coefficient (Wildman–Crippen LogP) is 0.736. The highest BCUT2D eigenvalue weighted by atomic mass is 32.2. The van der Waals surface area contributed by atoms with Gasteiger partial charge in [0.05, 0.1) is 34.9 Å². The third kappa shape index (κ3) is 8.64. The van der Waals surface area contributed by atoms with Crippen LogP contribution in [0.15, 0.2) is 0 Å². The summed E-state index contributed by atoms with van der Waals surface area (Å²) in [4.78, 5) is 0. The third-order valence-corrected chi connectivity index (χ3v) is 2.66. The van der Waals surface area contributed by atoms with Crippen molar-refractivity contribution in [2.45, 2.75) is 11.6 Å². The van der Waals surface area contributed by atoms with Crippen LogP contribution in [0.2, 0.25) is 0 Å². The molecule has 0 aromatic rings. The van der Waals surface area contributed by atoms with Crippen LogP contribution in [0.1, 0.15) is 0 Å². The summed E-state index contributed by atoms with van der Waals surface area (Å²) >= 11 is 0. The van der Waals surface area contributed by atoms with Crippen molar-refractivity contribution in [2.75, 3.05) is 41.4 Å². The van der Waals surface area contributed by atoms with Gasteiger partial charge in [0.2, 0.25) is 0 Å². The highest BCUT2D eigenvalue weighted by Gasteiger charge is 2.46. The second kappa shape index (κ2) is 6.66. The number of ether oxygens (including phenoxy) is 1. The lowest BCUT2D eigenvalue weighted by molar-refractivity contribution is -0.870. The first-order valence-electron chi connectivity index (χ1n) is 4.68. The van der Waals surface area contributed by atoms with Crippen LogP contribution in [0.5, 0.6) is 0 Å². The molecule has 1 atom stereocenters. The molecule has 0 bridgehead atoms. The molecule has 1 unspecified atom stereocenters. The normalized spacial score (nSPS) is 19.4. The van der Waals surface area contributed by atoms with Crippen LogP contribution in [-0.2, 0) is 19.0 Å². The first-order chi connectivity index (χ1) is 7.39. The van der Waals surface area contributed by atoms with E-state index >= 15 is 0 Å². The number of hydrogen-bond donors (Lipinski definition) is 1. The van der Waals surface area contributed by atoms with Gasteiger partial charge in [0.25, 0.3) is 0 Å². The first-order valence-corrected chi connectivity index (χ1v) is 6.09. The van der Waals surface area contributed by atoms with Crippen LogP contribution in [0.3, 0.4) is 0 Å². The van der Waals surface area contributed by atoms with Crippen LogP contribution in [0.4, 0.5) is 13.2 Å². The van der Waals surface area contributed by atoms with Gasteiger partial charge in [0, 0.05) is 0 Å². The first kappa shape index (κ1) is 19.9. The van der Waals surface area contributed by atoms with Crippen molar-refractivity contribution in [3.8, 4) is 0 Å². The molecule has 1 aliphatic heterocycles. The summed E-state index contributed by atoms with van der Waals surface area (Å²) in [6, 6.07) is 0. The molecule has 18 heavy (non-hydrogen) atoms. The number of likely N-dealkylation sites (N-methyl/N-ethyl adjacent to an activating group) is 1. The fourth-order valence-electron chi connectivity index (χ4n) is 0.879. The van der Waals surface area contributed by atoms with Gasteiger partial charge in [-0.05, 0) is 0 Å². The SMILES string of the molecule is COS(=O)(=O)C(F)(F)F.C[N+](C)(C)CC1CO1.N. The van der Waals surface area contributed by atoms with E-state index in [0.717, 1.165) is 17.6 Å². The van der Waals surface area contributed by atoms with Crippen molar-refractivity contribution in [3.63, 3.8) is 0 Å². The van der Waals surface area contributed by atoms with E-state index in [-0.39, 0.29) is 6.15 Å². The predicted molar refractivity (Wildman–Crippen MR) is 59.6 cm³/mol. The van der Waals surface area contributed by atoms with Crippen molar-refractivity contribution in [1.29, 1.82) is 0 Å². The monoisotopic (exact) mass is 297 g/mol. The van der Waals surface area contributed by atoms with Gasteiger partial charge in [-0.15, -0.1) is 0 Å². The van der Waals surface area contributed by atoms with Crippen LogP contribution in [0, 0.1) is 0 Å². The second-order valence-electron chi connectivity index (χ2n) is 4.49. The van der Waals surface area contributed by atoms with Crippen molar-refractivity contribution >= 4 is 10.1 Å². The zero-order valence-corrected chi connectivity index (χ0v) is 11.6. The van der Waals surface area contributed by atoms with Crippen molar-refractivity contribution in [2.24, 2.45) is 0 Å². The topological polar surface area (TPSA) is 90.9 Å². The Kier molecular flexibility index (Phi) is 7.37. The van der Waals surface area contributed by atoms with Gasteiger partial charge in [-0.2, -0.15) is 21.6 Å². The number of quaternary nitrogens is 1. The minimum Gasteiger partial charge on any atom is -0.367 e. The standard InChI is InChI=1S/C6H14NO.C2H3F3O3S.H3N/c1-7(2,3)4-6-5-8-6;1-8-9(6,7)2(3,4)5;/h6H,4-5H2,1-3H3;1H3;1H3/q+1;;. The summed E-state index contributed by atoms with van der Waals surface area (Å²) in [7, 11) is 1.66. The van der Waals surface area contributed by atoms with E-state index in [1.165, 1.54) is 0 Å². The Hall–Kier alpha value is -0.420. The molecule has 1 rings (SSSR count). The highest BCUT2D eigenvalue weighted by molar-refractivity contribution is 7.87. The number of alkyl halides is 3. The maximum atomic E-state index is 11.1. The zero-order valence-electron chi connectivity index (χ0n) is 10.8. The summed E-state index contributed by atoms with van der Waals surface area (Å²) in [5, 5.41) is 0. The van der Waals surface area contributed by atoms with E-state index in [4.69, 9.17) is 4.74 Å². The van der Waals surface area contributed by atoms with Crippen LogP contribution in [-0.4, -0.2) is 65.9 Å². The van der Waals surface area contributed by atoms with Crippen molar-refractivity contribution < 1.29 is 35.0 Å². The number of nitrogens with zero attached hydrogens (tertiary/aromatic N) is 1. The molecule has 1 heterocycles. The van der Waals surface area contributed by atoms with Crippen LogP contribution in [0.25, 0.3) is 0 Å². The van der Waals surface area contributed by atoms with Crippen molar-refractivity contribution in [1.82, 2.24) is 6.15 Å². The molecule has 3 N–H and O–H groups in total. The summed E-state index contributed by atoms with van der Waals surface area (Å²) in [5.74, 6) is 0. The average Bonchev–Trinajstić information content (AvgIpc) is 2.84. The smallest absolute Gasteiger partial charge is 0.367 e. The number of epoxide rings is 1. The molecular weight excluding hydrogens is 277 g/mol. The Morgan fingerprint density at radius 1 is 1.33 bits per heavy atom.